The van der Waals surface area contributed by atoms with Crippen LogP contribution in [0.3, 0.4) is 0 Å². The summed E-state index contributed by atoms with van der Waals surface area (Å²) in [6, 6.07) is 12.3. The lowest BCUT2D eigenvalue weighted by Crippen LogP contribution is -2.29. The number of carbonyl (C=O) groups is 1. The maximum Gasteiger partial charge on any atom is 0.337 e. The normalized spacial score (nSPS) is 22.9. The van der Waals surface area contributed by atoms with Crippen molar-refractivity contribution in [2.24, 2.45) is 5.92 Å². The first-order chi connectivity index (χ1) is 12.6. The first-order valence-electron chi connectivity index (χ1n) is 8.48. The maximum absolute atomic E-state index is 11.8. The highest BCUT2D eigenvalue weighted by Gasteiger charge is 2.38. The van der Waals surface area contributed by atoms with Gasteiger partial charge in [-0.2, -0.15) is 0 Å². The van der Waals surface area contributed by atoms with Gasteiger partial charge >= 0.3 is 5.97 Å². The molecule has 2 aromatic rings. The van der Waals surface area contributed by atoms with Crippen LogP contribution in [0.4, 0.5) is 11.4 Å². The van der Waals surface area contributed by atoms with E-state index in [2.05, 4.69) is 17.5 Å². The molecule has 2 aliphatic rings. The van der Waals surface area contributed by atoms with Crippen LogP contribution >= 0.6 is 0 Å². The Balaban J connectivity index is 1.71. The van der Waals surface area contributed by atoms with Crippen LogP contribution in [0.5, 0.6) is 0 Å². The topological polar surface area (TPSA) is 81.5 Å². The van der Waals surface area contributed by atoms with Crippen molar-refractivity contribution in [1.82, 2.24) is 0 Å². The van der Waals surface area contributed by atoms with Gasteiger partial charge in [-0.3, -0.25) is 10.1 Å². The lowest BCUT2D eigenvalue weighted by Gasteiger charge is -2.37. The summed E-state index contributed by atoms with van der Waals surface area (Å²) in [4.78, 5) is 22.3. The van der Waals surface area contributed by atoms with Gasteiger partial charge in [0, 0.05) is 23.7 Å². The minimum Gasteiger partial charge on any atom is -0.465 e. The molecule has 1 heterocycles. The molecule has 132 valence electrons. The van der Waals surface area contributed by atoms with Gasteiger partial charge < -0.3 is 10.1 Å². The summed E-state index contributed by atoms with van der Waals surface area (Å²) in [5.74, 6) is 0.164. The molecule has 6 nitrogen and oxygen atoms in total. The smallest absolute Gasteiger partial charge is 0.337 e. The molecule has 1 N–H and O–H groups in total. The predicted octanol–water partition coefficient (Wildman–Crippen LogP) is 4.21. The average molecular weight is 350 g/mol. The Labute approximate surface area is 150 Å². The molecule has 0 fully saturated rings. The van der Waals surface area contributed by atoms with E-state index in [9.17, 15) is 14.9 Å². The number of carbonyl (C=O) groups excluding carboxylic acids is 1. The molecule has 0 radical (unpaired) electrons. The first kappa shape index (κ1) is 16.3. The number of benzene rings is 2. The SMILES string of the molecule is COC(=O)c1ccc2c(c1)[C@@H]1C=CC[C@@H]1[C@@H](c1ccc([N+](=O)[O-])cc1)N2. The molecule has 1 aliphatic heterocycles. The number of nitro groups is 1. The van der Waals surface area contributed by atoms with E-state index in [0.29, 0.717) is 11.5 Å². The number of methoxy groups -OCH3 is 1. The molecule has 0 saturated carbocycles. The molecule has 6 heteroatoms. The van der Waals surface area contributed by atoms with Crippen LogP contribution < -0.4 is 5.32 Å². The quantitative estimate of drug-likeness (QED) is 0.388. The second kappa shape index (κ2) is 6.29. The summed E-state index contributed by atoms with van der Waals surface area (Å²) in [6.07, 6.45) is 5.26. The number of anilines is 1. The lowest BCUT2D eigenvalue weighted by molar-refractivity contribution is -0.384. The van der Waals surface area contributed by atoms with Crippen LogP contribution in [-0.2, 0) is 4.74 Å². The summed E-state index contributed by atoms with van der Waals surface area (Å²) in [5.41, 5.74) is 3.73. The highest BCUT2D eigenvalue weighted by Crippen LogP contribution is 2.50. The highest BCUT2D eigenvalue weighted by molar-refractivity contribution is 5.90. The third-order valence-electron chi connectivity index (χ3n) is 5.25. The Kier molecular flexibility index (Phi) is 3.95. The van der Waals surface area contributed by atoms with Crippen LogP contribution in [0.2, 0.25) is 0 Å². The number of non-ortho nitro benzene ring substituents is 1. The van der Waals surface area contributed by atoms with Crippen molar-refractivity contribution in [1.29, 1.82) is 0 Å². The fourth-order valence-electron chi connectivity index (χ4n) is 3.97. The molecule has 0 aromatic heterocycles. The van der Waals surface area contributed by atoms with E-state index < -0.39 is 0 Å². The molecule has 0 bridgehead atoms. The molecule has 2 aromatic carbocycles. The number of esters is 1. The number of nitrogens with zero attached hydrogens (tertiary/aromatic N) is 1. The minimum absolute atomic E-state index is 0.0623. The van der Waals surface area contributed by atoms with Crippen molar-refractivity contribution in [3.05, 3.63) is 81.4 Å². The minimum atomic E-state index is -0.387. The average Bonchev–Trinajstić information content (AvgIpc) is 3.16. The second-order valence-corrected chi connectivity index (χ2v) is 6.62. The number of ether oxygens (including phenoxy) is 1. The Hall–Kier alpha value is -3.15. The Morgan fingerprint density at radius 1 is 1.23 bits per heavy atom. The van der Waals surface area contributed by atoms with Crippen molar-refractivity contribution < 1.29 is 14.5 Å². The highest BCUT2D eigenvalue weighted by atomic mass is 16.6. The molecule has 1 aliphatic carbocycles. The van der Waals surface area contributed by atoms with E-state index in [-0.39, 0.29) is 28.5 Å². The van der Waals surface area contributed by atoms with Crippen LogP contribution in [0.25, 0.3) is 0 Å². The van der Waals surface area contributed by atoms with Crippen LogP contribution in [0, 0.1) is 16.0 Å². The van der Waals surface area contributed by atoms with Gasteiger partial charge in [0.15, 0.2) is 0 Å². The van der Waals surface area contributed by atoms with Gasteiger partial charge in [0.25, 0.3) is 5.69 Å². The molecule has 0 unspecified atom stereocenters. The van der Waals surface area contributed by atoms with Gasteiger partial charge in [0.2, 0.25) is 0 Å². The van der Waals surface area contributed by atoms with E-state index in [4.69, 9.17) is 4.74 Å². The van der Waals surface area contributed by atoms with E-state index >= 15 is 0 Å². The largest absolute Gasteiger partial charge is 0.465 e. The van der Waals surface area contributed by atoms with E-state index in [0.717, 1.165) is 23.2 Å². The monoisotopic (exact) mass is 350 g/mol. The van der Waals surface area contributed by atoms with Crippen molar-refractivity contribution in [3.63, 3.8) is 0 Å². The molecule has 0 saturated heterocycles. The molecular weight excluding hydrogens is 332 g/mol. The van der Waals surface area contributed by atoms with Gasteiger partial charge in [-0.1, -0.05) is 24.3 Å². The Morgan fingerprint density at radius 2 is 2.00 bits per heavy atom. The van der Waals surface area contributed by atoms with Gasteiger partial charge in [-0.05, 0) is 41.7 Å². The summed E-state index contributed by atoms with van der Waals surface area (Å²) in [5, 5.41) is 14.4. The van der Waals surface area contributed by atoms with Crippen LogP contribution in [0.15, 0.2) is 54.6 Å². The maximum atomic E-state index is 11.8. The number of nitrogens with one attached hydrogen (secondary N) is 1. The summed E-state index contributed by atoms with van der Waals surface area (Å²) < 4.78 is 4.83. The summed E-state index contributed by atoms with van der Waals surface area (Å²) >= 11 is 0. The fraction of sp³-hybridized carbons (Fsp3) is 0.250. The Bertz CT molecular complexity index is 905. The number of hydrogen-bond donors (Lipinski definition) is 1. The molecule has 0 amide bonds. The predicted molar refractivity (Wildman–Crippen MR) is 97.2 cm³/mol. The molecule has 4 rings (SSSR count). The first-order valence-corrected chi connectivity index (χ1v) is 8.48. The third kappa shape index (κ3) is 2.63. The zero-order chi connectivity index (χ0) is 18.3. The van der Waals surface area contributed by atoms with Gasteiger partial charge in [-0.25, -0.2) is 4.79 Å². The standard InChI is InChI=1S/C20H18N2O4/c1-26-20(23)13-7-10-18-17(11-13)15-3-2-4-16(15)19(21-18)12-5-8-14(9-6-12)22(24)25/h2-3,5-11,15-16,19,21H,4H2,1H3/t15-,16+,19-/m1/s1. The van der Waals surface area contributed by atoms with E-state index in [1.807, 2.05) is 24.3 Å². The van der Waals surface area contributed by atoms with Crippen molar-refractivity contribution >= 4 is 17.3 Å². The molecule has 26 heavy (non-hydrogen) atoms. The lowest BCUT2D eigenvalue weighted by atomic mass is 9.76. The van der Waals surface area contributed by atoms with Crippen molar-refractivity contribution in [2.45, 2.75) is 18.4 Å². The number of nitro benzene ring substituents is 1. The van der Waals surface area contributed by atoms with Gasteiger partial charge in [-0.15, -0.1) is 0 Å². The van der Waals surface area contributed by atoms with Crippen molar-refractivity contribution in [3.8, 4) is 0 Å². The van der Waals surface area contributed by atoms with E-state index in [1.54, 1.807) is 18.2 Å². The number of hydrogen-bond acceptors (Lipinski definition) is 5. The fourth-order valence-corrected chi connectivity index (χ4v) is 3.97. The molecular formula is C20H18N2O4. The third-order valence-corrected chi connectivity index (χ3v) is 5.25. The number of fused-ring (bicyclic) bond motifs is 3. The number of allylic oxidation sites excluding steroid dienone is 2. The summed E-state index contributed by atoms with van der Waals surface area (Å²) in [7, 11) is 1.38. The summed E-state index contributed by atoms with van der Waals surface area (Å²) in [6.45, 7) is 0. The zero-order valence-electron chi connectivity index (χ0n) is 14.2. The van der Waals surface area contributed by atoms with E-state index in [1.165, 1.54) is 7.11 Å². The molecule has 3 atom stereocenters. The van der Waals surface area contributed by atoms with Crippen LogP contribution in [0.1, 0.15) is 39.9 Å². The zero-order valence-corrected chi connectivity index (χ0v) is 14.2. The van der Waals surface area contributed by atoms with Crippen molar-refractivity contribution in [2.75, 3.05) is 12.4 Å². The number of rotatable bonds is 3. The van der Waals surface area contributed by atoms with Crippen LogP contribution in [-0.4, -0.2) is 18.0 Å². The van der Waals surface area contributed by atoms with Gasteiger partial charge in [0.05, 0.1) is 23.6 Å². The molecule has 0 spiro atoms. The van der Waals surface area contributed by atoms with Gasteiger partial charge in [0.1, 0.15) is 0 Å². The Morgan fingerprint density at radius 3 is 2.69 bits per heavy atom. The second-order valence-electron chi connectivity index (χ2n) is 6.62.